The number of anilines is 1. The van der Waals surface area contributed by atoms with Gasteiger partial charge in [-0.05, 0) is 45.4 Å². The average Bonchev–Trinajstić information content (AvgIpc) is 3.20. The van der Waals surface area contributed by atoms with Crippen molar-refractivity contribution in [3.63, 3.8) is 0 Å². The molecule has 1 amide bonds. The molecule has 2 aromatic heterocycles. The van der Waals surface area contributed by atoms with Crippen molar-refractivity contribution in [3.8, 4) is 0 Å². The monoisotopic (exact) mass is 439 g/mol. The molecule has 0 atom stereocenters. The first kappa shape index (κ1) is 21.9. The number of aryl methyl sites for hydroxylation is 1. The molecule has 0 radical (unpaired) electrons. The quantitative estimate of drug-likeness (QED) is 0.621. The Labute approximate surface area is 176 Å². The third-order valence-corrected chi connectivity index (χ3v) is 5.08. The zero-order valence-electron chi connectivity index (χ0n) is 16.9. The molecule has 0 aliphatic heterocycles. The van der Waals surface area contributed by atoms with Crippen LogP contribution in [0.1, 0.15) is 36.4 Å². The molecule has 30 heavy (non-hydrogen) atoms. The van der Waals surface area contributed by atoms with E-state index in [0.29, 0.717) is 27.7 Å². The molecule has 3 aromatic rings. The van der Waals surface area contributed by atoms with Crippen LogP contribution in [-0.2, 0) is 23.1 Å². The van der Waals surface area contributed by atoms with Gasteiger partial charge >= 0.3 is 6.18 Å². The molecule has 10 heteroatoms. The van der Waals surface area contributed by atoms with Gasteiger partial charge in [0, 0.05) is 6.20 Å². The highest BCUT2D eigenvalue weighted by Crippen LogP contribution is 2.30. The Balaban J connectivity index is 1.83. The molecule has 1 N–H and O–H groups in total. The maximum atomic E-state index is 13.0. The zero-order valence-corrected chi connectivity index (χ0v) is 17.6. The van der Waals surface area contributed by atoms with Crippen molar-refractivity contribution in [2.24, 2.45) is 0 Å². The van der Waals surface area contributed by atoms with Crippen LogP contribution in [0, 0.1) is 13.8 Å². The van der Waals surface area contributed by atoms with Crippen molar-refractivity contribution in [2.75, 3.05) is 5.32 Å². The van der Waals surface area contributed by atoms with Crippen LogP contribution in [0.2, 0.25) is 5.02 Å². The first-order valence-electron chi connectivity index (χ1n) is 9.12. The summed E-state index contributed by atoms with van der Waals surface area (Å²) in [6, 6.07) is 5.10. The second-order valence-corrected chi connectivity index (χ2v) is 7.95. The molecule has 6 nitrogen and oxygen atoms in total. The standard InChI is InChI=1S/C20H21ClF3N5O/c1-12-17(26-18(30)19(3,4)29-11-16(21)9-25-29)13(2)28(27-12)10-14-6-5-7-15(8-14)20(22,23)24/h5-9,11H,10H2,1-4H3,(H,26,30). The van der Waals surface area contributed by atoms with E-state index in [2.05, 4.69) is 15.5 Å². The lowest BCUT2D eigenvalue weighted by molar-refractivity contribution is -0.137. The van der Waals surface area contributed by atoms with Crippen LogP contribution in [0.25, 0.3) is 0 Å². The van der Waals surface area contributed by atoms with E-state index in [4.69, 9.17) is 11.6 Å². The Morgan fingerprint density at radius 1 is 1.23 bits per heavy atom. The number of amides is 1. The van der Waals surface area contributed by atoms with Crippen molar-refractivity contribution in [1.82, 2.24) is 19.6 Å². The Morgan fingerprint density at radius 3 is 2.53 bits per heavy atom. The van der Waals surface area contributed by atoms with Crippen molar-refractivity contribution in [2.45, 2.75) is 46.0 Å². The molecule has 0 saturated carbocycles. The van der Waals surface area contributed by atoms with Gasteiger partial charge in [-0.25, -0.2) is 0 Å². The summed E-state index contributed by atoms with van der Waals surface area (Å²) in [5.41, 5.74) is 0.428. The van der Waals surface area contributed by atoms with Gasteiger partial charge in [-0.1, -0.05) is 23.7 Å². The van der Waals surface area contributed by atoms with Gasteiger partial charge in [-0.2, -0.15) is 23.4 Å². The van der Waals surface area contributed by atoms with Crippen LogP contribution in [0.3, 0.4) is 0 Å². The van der Waals surface area contributed by atoms with Crippen LogP contribution in [-0.4, -0.2) is 25.5 Å². The SMILES string of the molecule is Cc1nn(Cc2cccc(C(F)(F)F)c2)c(C)c1NC(=O)C(C)(C)n1cc(Cl)cn1. The molecule has 0 fully saturated rings. The second-order valence-electron chi connectivity index (χ2n) is 7.52. The summed E-state index contributed by atoms with van der Waals surface area (Å²) in [5, 5.41) is 11.8. The summed E-state index contributed by atoms with van der Waals surface area (Å²) in [6.07, 6.45) is -1.41. The highest BCUT2D eigenvalue weighted by molar-refractivity contribution is 6.30. The summed E-state index contributed by atoms with van der Waals surface area (Å²) >= 11 is 5.90. The summed E-state index contributed by atoms with van der Waals surface area (Å²) in [7, 11) is 0. The number of hydrogen-bond donors (Lipinski definition) is 1. The van der Waals surface area contributed by atoms with Gasteiger partial charge in [-0.15, -0.1) is 0 Å². The number of halogens is 4. The number of nitrogens with one attached hydrogen (secondary N) is 1. The number of carbonyl (C=O) groups is 1. The van der Waals surface area contributed by atoms with Gasteiger partial charge in [0.05, 0.1) is 40.4 Å². The number of hydrogen-bond acceptors (Lipinski definition) is 3. The average molecular weight is 440 g/mol. The molecule has 0 spiro atoms. The number of nitrogens with zero attached hydrogens (tertiary/aromatic N) is 4. The Bertz CT molecular complexity index is 1080. The van der Waals surface area contributed by atoms with Gasteiger partial charge in [0.15, 0.2) is 0 Å². The highest BCUT2D eigenvalue weighted by atomic mass is 35.5. The first-order chi connectivity index (χ1) is 13.9. The van der Waals surface area contributed by atoms with Gasteiger partial charge < -0.3 is 5.32 Å². The molecular formula is C20H21ClF3N5O. The molecule has 0 bridgehead atoms. The lowest BCUT2D eigenvalue weighted by Crippen LogP contribution is -2.40. The molecule has 0 aliphatic rings. The molecular weight excluding hydrogens is 419 g/mol. The first-order valence-corrected chi connectivity index (χ1v) is 9.49. The van der Waals surface area contributed by atoms with E-state index in [0.717, 1.165) is 12.1 Å². The van der Waals surface area contributed by atoms with E-state index in [1.165, 1.54) is 16.9 Å². The molecule has 0 unspecified atom stereocenters. The third kappa shape index (κ3) is 4.35. The lowest BCUT2D eigenvalue weighted by Gasteiger charge is -2.24. The molecule has 1 aromatic carbocycles. The van der Waals surface area contributed by atoms with Gasteiger partial charge in [0.2, 0.25) is 0 Å². The Hall–Kier alpha value is -2.81. The third-order valence-electron chi connectivity index (χ3n) is 4.89. The minimum atomic E-state index is -4.41. The number of aromatic nitrogens is 4. The number of carbonyl (C=O) groups excluding carboxylic acids is 1. The van der Waals surface area contributed by atoms with E-state index in [1.54, 1.807) is 44.6 Å². The second kappa shape index (κ2) is 7.79. The van der Waals surface area contributed by atoms with Crippen LogP contribution in [0.4, 0.5) is 18.9 Å². The molecule has 3 rings (SSSR count). The van der Waals surface area contributed by atoms with Crippen LogP contribution < -0.4 is 5.32 Å². The molecule has 2 heterocycles. The van der Waals surface area contributed by atoms with Crippen LogP contribution >= 0.6 is 11.6 Å². The van der Waals surface area contributed by atoms with E-state index in [-0.39, 0.29) is 12.5 Å². The smallest absolute Gasteiger partial charge is 0.321 e. The molecule has 0 aliphatic carbocycles. The number of benzene rings is 1. The van der Waals surface area contributed by atoms with Crippen LogP contribution in [0.15, 0.2) is 36.7 Å². The summed E-state index contributed by atoms with van der Waals surface area (Å²) < 4.78 is 41.9. The van der Waals surface area contributed by atoms with Gasteiger partial charge in [0.1, 0.15) is 5.54 Å². The predicted octanol–water partition coefficient (Wildman–Crippen LogP) is 4.79. The number of alkyl halides is 3. The summed E-state index contributed by atoms with van der Waals surface area (Å²) in [6.45, 7) is 7.02. The topological polar surface area (TPSA) is 64.7 Å². The minimum Gasteiger partial charge on any atom is -0.321 e. The van der Waals surface area contributed by atoms with E-state index >= 15 is 0 Å². The van der Waals surface area contributed by atoms with Crippen molar-refractivity contribution < 1.29 is 18.0 Å². The van der Waals surface area contributed by atoms with Crippen molar-refractivity contribution in [3.05, 3.63) is 64.2 Å². The van der Waals surface area contributed by atoms with E-state index in [1.807, 2.05) is 0 Å². The predicted molar refractivity (Wildman–Crippen MR) is 107 cm³/mol. The lowest BCUT2D eigenvalue weighted by atomic mass is 10.0. The van der Waals surface area contributed by atoms with Crippen molar-refractivity contribution >= 4 is 23.2 Å². The summed E-state index contributed by atoms with van der Waals surface area (Å²) in [5.74, 6) is -0.327. The fourth-order valence-electron chi connectivity index (χ4n) is 3.03. The maximum absolute atomic E-state index is 13.0. The fourth-order valence-corrected chi connectivity index (χ4v) is 3.16. The van der Waals surface area contributed by atoms with E-state index in [9.17, 15) is 18.0 Å². The zero-order chi connectivity index (χ0) is 22.3. The van der Waals surface area contributed by atoms with Gasteiger partial charge in [-0.3, -0.25) is 14.2 Å². The van der Waals surface area contributed by atoms with Crippen molar-refractivity contribution in [1.29, 1.82) is 0 Å². The van der Waals surface area contributed by atoms with E-state index < -0.39 is 17.3 Å². The Kier molecular flexibility index (Phi) is 5.68. The normalized spacial score (nSPS) is 12.3. The van der Waals surface area contributed by atoms with Crippen LogP contribution in [0.5, 0.6) is 0 Å². The van der Waals surface area contributed by atoms with Gasteiger partial charge in [0.25, 0.3) is 5.91 Å². The largest absolute Gasteiger partial charge is 0.416 e. The molecule has 160 valence electrons. The Morgan fingerprint density at radius 2 is 1.93 bits per heavy atom. The highest BCUT2D eigenvalue weighted by Gasteiger charge is 2.32. The number of rotatable bonds is 5. The summed E-state index contributed by atoms with van der Waals surface area (Å²) in [4.78, 5) is 12.9. The molecule has 0 saturated heterocycles. The fraction of sp³-hybridized carbons (Fsp3) is 0.350. The minimum absolute atomic E-state index is 0.143. The maximum Gasteiger partial charge on any atom is 0.416 e.